The second kappa shape index (κ2) is 7.09. The Balaban J connectivity index is 2.00. The molecule has 6 heteroatoms. The van der Waals surface area contributed by atoms with Crippen LogP contribution in [0.4, 0.5) is 0 Å². The molecule has 0 bridgehead atoms. The monoisotopic (exact) mass is 348 g/mol. The fourth-order valence-corrected chi connectivity index (χ4v) is 4.80. The molecule has 0 amide bonds. The SMILES string of the molecule is CCOc1ccc(S(=O)(=O)NC2CCNCC2C)c2ccccc12. The van der Waals surface area contributed by atoms with Crippen LogP contribution in [0.15, 0.2) is 41.3 Å². The molecule has 1 heterocycles. The lowest BCUT2D eigenvalue weighted by atomic mass is 9.97. The first-order chi connectivity index (χ1) is 11.5. The van der Waals surface area contributed by atoms with Crippen molar-refractivity contribution < 1.29 is 13.2 Å². The Kier molecular flexibility index (Phi) is 5.08. The van der Waals surface area contributed by atoms with Crippen molar-refractivity contribution >= 4 is 20.8 Å². The fraction of sp³-hybridized carbons (Fsp3) is 0.444. The highest BCUT2D eigenvalue weighted by atomic mass is 32.2. The molecular weight excluding hydrogens is 324 g/mol. The largest absolute Gasteiger partial charge is 0.493 e. The summed E-state index contributed by atoms with van der Waals surface area (Å²) in [5.41, 5.74) is 0. The van der Waals surface area contributed by atoms with Crippen LogP contribution in [0.1, 0.15) is 20.3 Å². The van der Waals surface area contributed by atoms with E-state index in [1.807, 2.05) is 31.2 Å². The van der Waals surface area contributed by atoms with Crippen molar-refractivity contribution in [1.29, 1.82) is 0 Å². The highest BCUT2D eigenvalue weighted by Crippen LogP contribution is 2.31. The molecule has 24 heavy (non-hydrogen) atoms. The summed E-state index contributed by atoms with van der Waals surface area (Å²) in [6.45, 7) is 6.19. The number of ether oxygens (including phenoxy) is 1. The third-order valence-corrected chi connectivity index (χ3v) is 6.07. The topological polar surface area (TPSA) is 67.4 Å². The Bertz CT molecular complexity index is 820. The summed E-state index contributed by atoms with van der Waals surface area (Å²) in [7, 11) is -3.58. The summed E-state index contributed by atoms with van der Waals surface area (Å²) < 4.78 is 34.4. The first kappa shape index (κ1) is 17.2. The van der Waals surface area contributed by atoms with Gasteiger partial charge in [0.2, 0.25) is 10.0 Å². The van der Waals surface area contributed by atoms with Crippen molar-refractivity contribution in [2.24, 2.45) is 5.92 Å². The van der Waals surface area contributed by atoms with Crippen molar-refractivity contribution in [2.75, 3.05) is 19.7 Å². The number of hydrogen-bond acceptors (Lipinski definition) is 4. The van der Waals surface area contributed by atoms with Gasteiger partial charge in [0.15, 0.2) is 0 Å². The third-order valence-electron chi connectivity index (χ3n) is 4.53. The second-order valence-corrected chi connectivity index (χ2v) is 7.92. The van der Waals surface area contributed by atoms with E-state index in [0.29, 0.717) is 22.6 Å². The lowest BCUT2D eigenvalue weighted by Crippen LogP contribution is -2.48. The number of fused-ring (bicyclic) bond motifs is 1. The van der Waals surface area contributed by atoms with Crippen molar-refractivity contribution in [3.8, 4) is 5.75 Å². The van der Waals surface area contributed by atoms with Crippen LogP contribution in [-0.2, 0) is 10.0 Å². The quantitative estimate of drug-likeness (QED) is 0.871. The van der Waals surface area contributed by atoms with Gasteiger partial charge < -0.3 is 10.1 Å². The molecule has 2 aromatic carbocycles. The molecule has 1 saturated heterocycles. The lowest BCUT2D eigenvalue weighted by molar-refractivity contribution is 0.328. The molecule has 3 rings (SSSR count). The molecule has 0 aromatic heterocycles. The van der Waals surface area contributed by atoms with Crippen LogP contribution in [0.25, 0.3) is 10.8 Å². The maximum absolute atomic E-state index is 13.0. The summed E-state index contributed by atoms with van der Waals surface area (Å²) in [6.07, 6.45) is 0.801. The number of piperidine rings is 1. The van der Waals surface area contributed by atoms with Gasteiger partial charge in [0.05, 0.1) is 11.5 Å². The average Bonchev–Trinajstić information content (AvgIpc) is 2.57. The van der Waals surface area contributed by atoms with Crippen LogP contribution in [-0.4, -0.2) is 34.2 Å². The highest BCUT2D eigenvalue weighted by molar-refractivity contribution is 7.89. The van der Waals surface area contributed by atoms with Crippen LogP contribution in [0.2, 0.25) is 0 Å². The molecule has 2 N–H and O–H groups in total. The molecule has 0 saturated carbocycles. The van der Waals surface area contributed by atoms with Gasteiger partial charge in [-0.1, -0.05) is 31.2 Å². The summed E-state index contributed by atoms with van der Waals surface area (Å²) in [5.74, 6) is 0.977. The molecule has 0 aliphatic carbocycles. The van der Waals surface area contributed by atoms with Gasteiger partial charge in [0.1, 0.15) is 5.75 Å². The van der Waals surface area contributed by atoms with E-state index in [1.54, 1.807) is 12.1 Å². The van der Waals surface area contributed by atoms with E-state index < -0.39 is 10.0 Å². The zero-order valence-corrected chi connectivity index (χ0v) is 14.9. The molecule has 0 radical (unpaired) electrons. The van der Waals surface area contributed by atoms with E-state index in [0.717, 1.165) is 24.9 Å². The zero-order chi connectivity index (χ0) is 17.2. The first-order valence-electron chi connectivity index (χ1n) is 8.40. The lowest BCUT2D eigenvalue weighted by Gasteiger charge is -2.30. The molecule has 2 aromatic rings. The number of sulfonamides is 1. The molecule has 2 unspecified atom stereocenters. The second-order valence-electron chi connectivity index (χ2n) is 6.24. The van der Waals surface area contributed by atoms with Crippen molar-refractivity contribution in [2.45, 2.75) is 31.2 Å². The van der Waals surface area contributed by atoms with E-state index in [9.17, 15) is 8.42 Å². The van der Waals surface area contributed by atoms with E-state index >= 15 is 0 Å². The molecule has 1 aliphatic rings. The predicted octanol–water partition coefficient (Wildman–Crippen LogP) is 2.51. The number of rotatable bonds is 5. The predicted molar refractivity (Wildman–Crippen MR) is 95.9 cm³/mol. The van der Waals surface area contributed by atoms with Gasteiger partial charge in [-0.3, -0.25) is 0 Å². The average molecular weight is 348 g/mol. The maximum atomic E-state index is 13.0. The summed E-state index contributed by atoms with van der Waals surface area (Å²) in [4.78, 5) is 0.312. The van der Waals surface area contributed by atoms with E-state index in [4.69, 9.17) is 4.74 Å². The Hall–Kier alpha value is -1.63. The molecule has 5 nitrogen and oxygen atoms in total. The van der Waals surface area contributed by atoms with E-state index in [2.05, 4.69) is 17.0 Å². The van der Waals surface area contributed by atoms with Crippen molar-refractivity contribution in [3.05, 3.63) is 36.4 Å². The molecule has 1 fully saturated rings. The van der Waals surface area contributed by atoms with E-state index in [1.165, 1.54) is 0 Å². The molecular formula is C18H24N2O3S. The van der Waals surface area contributed by atoms with Gasteiger partial charge in [-0.15, -0.1) is 0 Å². The van der Waals surface area contributed by atoms with Crippen LogP contribution in [0.3, 0.4) is 0 Å². The van der Waals surface area contributed by atoms with Gasteiger partial charge in [-0.2, -0.15) is 0 Å². The number of benzene rings is 2. The van der Waals surface area contributed by atoms with Gasteiger partial charge in [0.25, 0.3) is 0 Å². The number of hydrogen-bond donors (Lipinski definition) is 2. The van der Waals surface area contributed by atoms with Gasteiger partial charge in [0, 0.05) is 16.8 Å². The van der Waals surface area contributed by atoms with Gasteiger partial charge >= 0.3 is 0 Å². The van der Waals surface area contributed by atoms with Crippen LogP contribution in [0.5, 0.6) is 5.75 Å². The van der Waals surface area contributed by atoms with Gasteiger partial charge in [-0.25, -0.2) is 13.1 Å². The molecule has 2 atom stereocenters. The smallest absolute Gasteiger partial charge is 0.241 e. The summed E-state index contributed by atoms with van der Waals surface area (Å²) in [5, 5.41) is 4.80. The third kappa shape index (κ3) is 3.41. The van der Waals surface area contributed by atoms with Crippen molar-refractivity contribution in [3.63, 3.8) is 0 Å². The van der Waals surface area contributed by atoms with Crippen LogP contribution >= 0.6 is 0 Å². The minimum atomic E-state index is -3.58. The fourth-order valence-electron chi connectivity index (χ4n) is 3.21. The van der Waals surface area contributed by atoms with E-state index in [-0.39, 0.29) is 12.0 Å². The Morgan fingerprint density at radius 3 is 2.67 bits per heavy atom. The number of nitrogens with one attached hydrogen (secondary N) is 2. The summed E-state index contributed by atoms with van der Waals surface area (Å²) in [6, 6.07) is 10.8. The zero-order valence-electron chi connectivity index (χ0n) is 14.1. The Morgan fingerprint density at radius 2 is 1.96 bits per heavy atom. The minimum absolute atomic E-state index is 0.0402. The van der Waals surface area contributed by atoms with Crippen molar-refractivity contribution in [1.82, 2.24) is 10.0 Å². The van der Waals surface area contributed by atoms with Crippen LogP contribution in [0, 0.1) is 5.92 Å². The molecule has 0 spiro atoms. The Labute approximate surface area is 143 Å². The maximum Gasteiger partial charge on any atom is 0.241 e. The Morgan fingerprint density at radius 1 is 1.21 bits per heavy atom. The minimum Gasteiger partial charge on any atom is -0.493 e. The summed E-state index contributed by atoms with van der Waals surface area (Å²) >= 11 is 0. The standard InChI is InChI=1S/C18H24N2O3S/c1-3-23-17-8-9-18(15-7-5-4-6-14(15)17)24(21,22)20-16-10-11-19-12-13(16)2/h4-9,13,16,19-20H,3,10-12H2,1-2H3. The molecule has 130 valence electrons. The van der Waals surface area contributed by atoms with Gasteiger partial charge in [-0.05, 0) is 44.5 Å². The molecule has 1 aliphatic heterocycles. The van der Waals surface area contributed by atoms with Crippen LogP contribution < -0.4 is 14.8 Å². The first-order valence-corrected chi connectivity index (χ1v) is 9.89. The normalized spacial score (nSPS) is 21.8. The highest BCUT2D eigenvalue weighted by Gasteiger charge is 2.28.